The summed E-state index contributed by atoms with van der Waals surface area (Å²) in [6, 6.07) is 14.5. The van der Waals surface area contributed by atoms with Crippen LogP contribution < -0.4 is 4.74 Å². The van der Waals surface area contributed by atoms with Gasteiger partial charge in [0.15, 0.2) is 11.4 Å². The van der Waals surface area contributed by atoms with Gasteiger partial charge in [-0.25, -0.2) is 10.1 Å². The number of carboxylic acid groups (broad SMARTS) is 1. The van der Waals surface area contributed by atoms with E-state index in [0.29, 0.717) is 23.2 Å². The first-order valence-corrected chi connectivity index (χ1v) is 14.9. The molecule has 0 spiro atoms. The maximum absolute atomic E-state index is 11.9. The molecular formula is C27H20N6O12S2. The first-order valence-electron chi connectivity index (χ1n) is 12.7. The number of aromatic hydroxyl groups is 3. The van der Waals surface area contributed by atoms with Gasteiger partial charge >= 0.3 is 5.97 Å². The fourth-order valence-corrected chi connectivity index (χ4v) is 5.08. The highest BCUT2D eigenvalue weighted by atomic mass is 32.2. The van der Waals surface area contributed by atoms with E-state index in [1.54, 1.807) is 0 Å². The lowest BCUT2D eigenvalue weighted by atomic mass is 10.1. The fourth-order valence-electron chi connectivity index (χ4n) is 4.10. The van der Waals surface area contributed by atoms with Crippen molar-refractivity contribution in [3.05, 3.63) is 72.4 Å². The van der Waals surface area contributed by atoms with E-state index in [1.165, 1.54) is 61.7 Å². The van der Waals surface area contributed by atoms with Crippen molar-refractivity contribution in [2.24, 2.45) is 20.5 Å². The zero-order chi connectivity index (χ0) is 33.9. The smallest absolute Gasteiger partial charge is 0.358 e. The number of azo groups is 2. The number of carboxylic acids is 1. The first-order chi connectivity index (χ1) is 22.4. The molecular weight excluding hydrogens is 664 g/mol. The average Bonchev–Trinajstić information content (AvgIpc) is 3.38. The van der Waals surface area contributed by atoms with Crippen molar-refractivity contribution in [3.8, 4) is 28.8 Å². The molecule has 1 heterocycles. The van der Waals surface area contributed by atoms with Gasteiger partial charge in [-0.15, -0.1) is 19.7 Å². The maximum atomic E-state index is 11.9. The van der Waals surface area contributed by atoms with E-state index in [2.05, 4.69) is 34.9 Å². The Morgan fingerprint density at radius 3 is 2.30 bits per heavy atom. The Hall–Kier alpha value is -5.64. The van der Waals surface area contributed by atoms with Gasteiger partial charge in [-0.2, -0.15) is 23.3 Å². The van der Waals surface area contributed by atoms with Crippen molar-refractivity contribution < 1.29 is 57.6 Å². The summed E-state index contributed by atoms with van der Waals surface area (Å²) in [6.07, 6.45) is 0. The van der Waals surface area contributed by atoms with Crippen molar-refractivity contribution in [3.63, 3.8) is 0 Å². The number of benzene rings is 4. The number of nitrogens with zero attached hydrogens (tertiary/aromatic N) is 6. The normalized spacial score (nSPS) is 12.0. The van der Waals surface area contributed by atoms with E-state index >= 15 is 0 Å². The summed E-state index contributed by atoms with van der Waals surface area (Å²) >= 11 is 0.493. The molecule has 4 aromatic carbocycles. The summed E-state index contributed by atoms with van der Waals surface area (Å²) in [5, 5.41) is 74.4. The van der Waals surface area contributed by atoms with Gasteiger partial charge in [-0.05, 0) is 60.0 Å². The lowest BCUT2D eigenvalue weighted by molar-refractivity contribution is -0.432. The third-order valence-corrected chi connectivity index (χ3v) is 7.80. The molecule has 0 saturated carbocycles. The van der Waals surface area contributed by atoms with E-state index < -0.39 is 44.0 Å². The Kier molecular flexibility index (Phi) is 9.32. The van der Waals surface area contributed by atoms with Gasteiger partial charge in [0.05, 0.1) is 40.3 Å². The van der Waals surface area contributed by atoms with Crippen LogP contribution in [0.2, 0.25) is 0 Å². The number of fused-ring (bicyclic) bond motifs is 1. The van der Waals surface area contributed by atoms with Crippen LogP contribution in [0.25, 0.3) is 16.5 Å². The number of phenolic OH excluding ortho intramolecular Hbond substituents is 2. The SMILES string of the molecule is COc1ccc(O)c(N=Nc2c(SOOO)cc3ccc(N=Nc4c(C(=O)O)nn(-c5ccc(S(=O)(=O)O)cc5)c4O)cc3c2O)c1. The second-order valence-corrected chi connectivity index (χ2v) is 11.3. The van der Waals surface area contributed by atoms with E-state index in [-0.39, 0.29) is 38.8 Å². The summed E-state index contributed by atoms with van der Waals surface area (Å²) in [5.41, 5.74) is -1.26. The van der Waals surface area contributed by atoms with E-state index in [9.17, 15) is 38.2 Å². The number of aromatic nitrogens is 2. The van der Waals surface area contributed by atoms with Crippen molar-refractivity contribution in [2.75, 3.05) is 7.11 Å². The van der Waals surface area contributed by atoms with E-state index in [4.69, 9.17) is 9.99 Å². The molecule has 0 aliphatic rings. The topological polar surface area (TPSA) is 268 Å². The minimum absolute atomic E-state index is 0.00522. The van der Waals surface area contributed by atoms with Crippen LogP contribution in [0.4, 0.5) is 22.7 Å². The van der Waals surface area contributed by atoms with Gasteiger partial charge in [0.2, 0.25) is 11.6 Å². The van der Waals surface area contributed by atoms with E-state index in [1.807, 2.05) is 0 Å². The molecule has 47 heavy (non-hydrogen) atoms. The summed E-state index contributed by atoms with van der Waals surface area (Å²) in [4.78, 5) is 11.6. The molecule has 20 heteroatoms. The molecule has 1 aromatic heterocycles. The molecule has 0 bridgehead atoms. The van der Waals surface area contributed by atoms with Crippen LogP contribution in [0.3, 0.4) is 0 Å². The number of carbonyl (C=O) groups is 1. The molecule has 6 N–H and O–H groups in total. The van der Waals surface area contributed by atoms with Crippen LogP contribution in [-0.4, -0.2) is 61.5 Å². The fraction of sp³-hybridized carbons (Fsp3) is 0.0370. The highest BCUT2D eigenvalue weighted by molar-refractivity contribution is 7.94. The standard InChI is InChI=1S/C27H20N6O12S2/c1-43-16-6-9-20(34)19(12-16)29-30-22-21(46-45-44-39)10-13-2-3-14(11-18(13)25(22)35)28-31-23-24(27(37)38)32-33(26(23)36)15-4-7-17(8-5-15)47(40,41)42/h2-12,34-36,39H,1H3,(H,37,38)(H,40,41,42). The molecule has 5 rings (SSSR count). The molecule has 5 aromatic rings. The lowest BCUT2D eigenvalue weighted by Gasteiger charge is -2.09. The third kappa shape index (κ3) is 6.96. The van der Waals surface area contributed by atoms with Crippen molar-refractivity contribution in [1.82, 2.24) is 9.78 Å². The van der Waals surface area contributed by atoms with Crippen LogP contribution in [0.1, 0.15) is 10.5 Å². The zero-order valence-corrected chi connectivity index (χ0v) is 25.1. The van der Waals surface area contributed by atoms with Gasteiger partial charge in [0.25, 0.3) is 10.1 Å². The van der Waals surface area contributed by atoms with E-state index in [0.717, 1.165) is 16.8 Å². The minimum Gasteiger partial charge on any atom is -0.506 e. The number of aromatic carboxylic acids is 1. The Labute approximate surface area is 267 Å². The first kappa shape index (κ1) is 32.7. The van der Waals surface area contributed by atoms with Gasteiger partial charge in [0.1, 0.15) is 22.9 Å². The second kappa shape index (κ2) is 13.4. The molecule has 0 aliphatic heterocycles. The van der Waals surface area contributed by atoms with Crippen LogP contribution in [0, 0.1) is 0 Å². The summed E-state index contributed by atoms with van der Waals surface area (Å²) < 4.78 is 42.3. The minimum atomic E-state index is -4.50. The van der Waals surface area contributed by atoms with Crippen LogP contribution in [0.15, 0.2) is 97.0 Å². The number of rotatable bonds is 11. The average molecular weight is 685 g/mol. The number of ether oxygens (including phenoxy) is 1. The molecule has 18 nitrogen and oxygen atoms in total. The molecule has 242 valence electrons. The highest BCUT2D eigenvalue weighted by Gasteiger charge is 2.24. The Morgan fingerprint density at radius 2 is 1.64 bits per heavy atom. The number of phenols is 2. The van der Waals surface area contributed by atoms with Gasteiger partial charge in [-0.1, -0.05) is 11.1 Å². The largest absolute Gasteiger partial charge is 0.506 e. The zero-order valence-electron chi connectivity index (χ0n) is 23.5. The van der Waals surface area contributed by atoms with Crippen molar-refractivity contribution >= 4 is 61.7 Å². The van der Waals surface area contributed by atoms with Gasteiger partial charge < -0.3 is 25.2 Å². The summed E-state index contributed by atoms with van der Waals surface area (Å²) in [7, 11) is -3.08. The molecule has 0 radical (unpaired) electrons. The molecule has 0 amide bonds. The summed E-state index contributed by atoms with van der Waals surface area (Å²) in [6.45, 7) is 0. The van der Waals surface area contributed by atoms with Crippen LogP contribution in [0.5, 0.6) is 23.1 Å². The van der Waals surface area contributed by atoms with Gasteiger partial charge in [-0.3, -0.25) is 4.55 Å². The highest BCUT2D eigenvalue weighted by Crippen LogP contribution is 2.45. The molecule has 0 unspecified atom stereocenters. The monoisotopic (exact) mass is 684 g/mol. The Balaban J connectivity index is 1.54. The number of hydrogen-bond acceptors (Lipinski definition) is 16. The van der Waals surface area contributed by atoms with Crippen molar-refractivity contribution in [1.29, 1.82) is 0 Å². The molecule has 0 atom stereocenters. The lowest BCUT2D eigenvalue weighted by Crippen LogP contribution is -2.02. The Bertz CT molecular complexity index is 2170. The van der Waals surface area contributed by atoms with Crippen molar-refractivity contribution in [2.45, 2.75) is 9.79 Å². The van der Waals surface area contributed by atoms with Gasteiger partial charge in [0, 0.05) is 11.5 Å². The third-order valence-electron chi connectivity index (χ3n) is 6.31. The number of hydrogen-bond donors (Lipinski definition) is 6. The number of methoxy groups -OCH3 is 1. The molecule has 0 aliphatic carbocycles. The summed E-state index contributed by atoms with van der Waals surface area (Å²) in [5.74, 6) is -2.60. The second-order valence-electron chi connectivity index (χ2n) is 9.16. The Morgan fingerprint density at radius 1 is 0.915 bits per heavy atom. The predicted molar refractivity (Wildman–Crippen MR) is 161 cm³/mol. The molecule has 0 saturated heterocycles. The van der Waals surface area contributed by atoms with Crippen LogP contribution in [-0.2, 0) is 19.5 Å². The molecule has 0 fully saturated rings. The predicted octanol–water partition coefficient (Wildman–Crippen LogP) is 6.35. The quantitative estimate of drug-likeness (QED) is 0.0291. The van der Waals surface area contributed by atoms with Crippen LogP contribution >= 0.6 is 12.0 Å². The maximum Gasteiger partial charge on any atom is 0.358 e.